The zero-order chi connectivity index (χ0) is 28.2. The molecule has 0 radical (unpaired) electrons. The summed E-state index contributed by atoms with van der Waals surface area (Å²) in [5.74, 6) is -0.381. The lowest BCUT2D eigenvalue weighted by atomic mass is 10.00. The molecule has 0 bridgehead atoms. The van der Waals surface area contributed by atoms with E-state index in [0.717, 1.165) is 11.1 Å². The predicted molar refractivity (Wildman–Crippen MR) is 151 cm³/mol. The maximum atomic E-state index is 13.5. The second kappa shape index (κ2) is 14.9. The van der Waals surface area contributed by atoms with Crippen molar-refractivity contribution in [3.63, 3.8) is 0 Å². The van der Waals surface area contributed by atoms with E-state index in [4.69, 9.17) is 4.74 Å². The second-order valence-corrected chi connectivity index (χ2v) is 9.99. The summed E-state index contributed by atoms with van der Waals surface area (Å²) in [5, 5.41) is 21.5. The van der Waals surface area contributed by atoms with Crippen molar-refractivity contribution < 1.29 is 24.2 Å². The Bertz CT molecular complexity index is 1130. The summed E-state index contributed by atoms with van der Waals surface area (Å²) in [4.78, 5) is 39.7. The van der Waals surface area contributed by atoms with Crippen LogP contribution in [-0.4, -0.2) is 60.6 Å². The summed E-state index contributed by atoms with van der Waals surface area (Å²) in [6.45, 7) is 6.65. The van der Waals surface area contributed by atoms with Crippen LogP contribution in [0.1, 0.15) is 44.7 Å². The average Bonchev–Trinajstić information content (AvgIpc) is 2.91. The van der Waals surface area contributed by atoms with Crippen LogP contribution in [-0.2, 0) is 20.8 Å². The highest BCUT2D eigenvalue weighted by molar-refractivity contribution is 5.93. The highest BCUT2D eigenvalue weighted by atomic mass is 16.5. The molecule has 9 heteroatoms. The Hall–Kier alpha value is -3.85. The van der Waals surface area contributed by atoms with Crippen LogP contribution in [0.3, 0.4) is 0 Å². The van der Waals surface area contributed by atoms with Crippen molar-refractivity contribution in [2.45, 2.75) is 58.2 Å². The van der Waals surface area contributed by atoms with Gasteiger partial charge in [0.15, 0.2) is 0 Å². The lowest BCUT2D eigenvalue weighted by Crippen LogP contribution is -2.58. The van der Waals surface area contributed by atoms with Gasteiger partial charge in [0, 0.05) is 18.7 Å². The fraction of sp³-hybridized carbons (Fsp3) is 0.433. The van der Waals surface area contributed by atoms with Crippen molar-refractivity contribution in [2.24, 2.45) is 5.92 Å². The zero-order valence-electron chi connectivity index (χ0n) is 22.9. The molecular weight excluding hydrogens is 496 g/mol. The van der Waals surface area contributed by atoms with Crippen LogP contribution < -0.4 is 26.0 Å². The minimum atomic E-state index is -0.823. The summed E-state index contributed by atoms with van der Waals surface area (Å²) in [5.41, 5.74) is 1.72. The van der Waals surface area contributed by atoms with Gasteiger partial charge in [-0.05, 0) is 42.5 Å². The first-order chi connectivity index (χ1) is 18.8. The third kappa shape index (κ3) is 9.14. The van der Waals surface area contributed by atoms with Crippen LogP contribution >= 0.6 is 0 Å². The Morgan fingerprint density at radius 1 is 0.949 bits per heavy atom. The first-order valence-electron chi connectivity index (χ1n) is 13.6. The number of rotatable bonds is 5. The molecule has 2 aromatic rings. The van der Waals surface area contributed by atoms with Crippen molar-refractivity contribution in [2.75, 3.05) is 19.7 Å². The fourth-order valence-corrected chi connectivity index (χ4v) is 4.35. The summed E-state index contributed by atoms with van der Waals surface area (Å²) < 4.78 is 6.00. The van der Waals surface area contributed by atoms with Gasteiger partial charge in [0.1, 0.15) is 30.2 Å². The predicted octanol–water partition coefficient (Wildman–Crippen LogP) is 2.54. The maximum absolute atomic E-state index is 13.5. The number of hydrogen-bond acceptors (Lipinski definition) is 6. The minimum absolute atomic E-state index is 0.143. The molecule has 0 fully saturated rings. The molecular formula is C30H40N4O5. The molecule has 0 aromatic heterocycles. The number of benzene rings is 2. The smallest absolute Gasteiger partial charge is 0.243 e. The average molecular weight is 537 g/mol. The largest absolute Gasteiger partial charge is 0.508 e. The zero-order valence-corrected chi connectivity index (χ0v) is 22.9. The molecule has 39 heavy (non-hydrogen) atoms. The first kappa shape index (κ1) is 29.7. The van der Waals surface area contributed by atoms with Crippen LogP contribution in [0.5, 0.6) is 11.5 Å². The van der Waals surface area contributed by atoms with Crippen LogP contribution in [0, 0.1) is 5.92 Å². The van der Waals surface area contributed by atoms with Crippen LogP contribution in [0.25, 0.3) is 6.08 Å². The lowest BCUT2D eigenvalue weighted by Gasteiger charge is -2.27. The number of phenols is 1. The number of phenolic OH excluding ortho intramolecular Hbond substituents is 1. The van der Waals surface area contributed by atoms with E-state index in [-0.39, 0.29) is 23.5 Å². The molecule has 0 aliphatic carbocycles. The lowest BCUT2D eigenvalue weighted by molar-refractivity contribution is -0.133. The van der Waals surface area contributed by atoms with Crippen LogP contribution in [0.2, 0.25) is 0 Å². The maximum Gasteiger partial charge on any atom is 0.243 e. The monoisotopic (exact) mass is 536 g/mol. The van der Waals surface area contributed by atoms with E-state index < -0.39 is 24.0 Å². The Balaban J connectivity index is 1.88. The SMILES string of the molecule is CCC[C@@H]1NC(=O)[C@@H](C(C)C)NC(=O)[C@H](Cc2ccc(O)cc2)NCCOc2ccccc2/C=C/CNC1=O. The van der Waals surface area contributed by atoms with Crippen molar-refractivity contribution in [3.8, 4) is 11.5 Å². The van der Waals surface area contributed by atoms with Gasteiger partial charge in [-0.3, -0.25) is 14.4 Å². The van der Waals surface area contributed by atoms with Crippen molar-refractivity contribution in [1.82, 2.24) is 21.3 Å². The fourth-order valence-electron chi connectivity index (χ4n) is 4.35. The van der Waals surface area contributed by atoms with Gasteiger partial charge in [-0.2, -0.15) is 0 Å². The van der Waals surface area contributed by atoms with Crippen molar-refractivity contribution in [3.05, 3.63) is 65.7 Å². The van der Waals surface area contributed by atoms with Crippen LogP contribution in [0.15, 0.2) is 54.6 Å². The number of para-hydroxylation sites is 1. The van der Waals surface area contributed by atoms with E-state index in [9.17, 15) is 19.5 Å². The van der Waals surface area contributed by atoms with E-state index >= 15 is 0 Å². The standard InChI is InChI=1S/C30H40N4O5/c1-4-8-24-28(36)32-16-7-10-22-9-5-6-11-26(22)39-18-17-31-25(19-21-12-14-23(35)15-13-21)29(37)34-27(20(2)3)30(38)33-24/h5-7,9-15,20,24-25,27,31,35H,4,8,16-19H2,1-3H3,(H,32,36)(H,33,38)(H,34,37)/b10-7+/t24-,25-,27+/m0/s1. The van der Waals surface area contributed by atoms with E-state index in [0.29, 0.717) is 44.7 Å². The number of ether oxygens (including phenoxy) is 1. The number of hydrogen-bond donors (Lipinski definition) is 5. The molecule has 210 valence electrons. The van der Waals surface area contributed by atoms with E-state index in [1.165, 1.54) is 0 Å². The summed E-state index contributed by atoms with van der Waals surface area (Å²) in [7, 11) is 0. The molecule has 9 nitrogen and oxygen atoms in total. The number of amides is 3. The van der Waals surface area contributed by atoms with E-state index in [1.807, 2.05) is 57.2 Å². The van der Waals surface area contributed by atoms with Crippen molar-refractivity contribution in [1.29, 1.82) is 0 Å². The highest BCUT2D eigenvalue weighted by Crippen LogP contribution is 2.19. The summed E-state index contributed by atoms with van der Waals surface area (Å²) in [6.07, 6.45) is 5.25. The molecule has 1 heterocycles. The molecule has 3 amide bonds. The summed E-state index contributed by atoms with van der Waals surface area (Å²) in [6, 6.07) is 12.1. The molecule has 2 aromatic carbocycles. The molecule has 1 aliphatic rings. The van der Waals surface area contributed by atoms with Gasteiger partial charge in [-0.1, -0.05) is 69.7 Å². The number of carbonyl (C=O) groups excluding carboxylic acids is 3. The number of carbonyl (C=O) groups is 3. The molecule has 3 rings (SSSR count). The molecule has 0 saturated carbocycles. The number of fused-ring (bicyclic) bond motifs is 1. The Morgan fingerprint density at radius 3 is 2.41 bits per heavy atom. The molecule has 3 atom stereocenters. The topological polar surface area (TPSA) is 129 Å². The molecule has 0 saturated heterocycles. The van der Waals surface area contributed by atoms with Gasteiger partial charge in [0.2, 0.25) is 17.7 Å². The van der Waals surface area contributed by atoms with Gasteiger partial charge in [0.05, 0.1) is 6.04 Å². The van der Waals surface area contributed by atoms with Gasteiger partial charge in [-0.15, -0.1) is 0 Å². The van der Waals surface area contributed by atoms with Gasteiger partial charge >= 0.3 is 0 Å². The second-order valence-electron chi connectivity index (χ2n) is 9.99. The third-order valence-corrected chi connectivity index (χ3v) is 6.51. The quantitative estimate of drug-likeness (QED) is 0.400. The minimum Gasteiger partial charge on any atom is -0.508 e. The Morgan fingerprint density at radius 2 is 1.69 bits per heavy atom. The number of nitrogens with one attached hydrogen (secondary N) is 4. The molecule has 0 spiro atoms. The van der Waals surface area contributed by atoms with Gasteiger partial charge < -0.3 is 31.1 Å². The van der Waals surface area contributed by atoms with Gasteiger partial charge in [-0.25, -0.2) is 0 Å². The van der Waals surface area contributed by atoms with Crippen molar-refractivity contribution >= 4 is 23.8 Å². The molecule has 5 N–H and O–H groups in total. The number of aromatic hydroxyl groups is 1. The normalized spacial score (nSPS) is 22.4. The van der Waals surface area contributed by atoms with E-state index in [2.05, 4.69) is 21.3 Å². The highest BCUT2D eigenvalue weighted by Gasteiger charge is 2.30. The summed E-state index contributed by atoms with van der Waals surface area (Å²) >= 11 is 0. The van der Waals surface area contributed by atoms with Gasteiger partial charge in [0.25, 0.3) is 0 Å². The first-order valence-corrected chi connectivity index (χ1v) is 13.6. The molecule has 1 aliphatic heterocycles. The molecule has 0 unspecified atom stereocenters. The van der Waals surface area contributed by atoms with Crippen LogP contribution in [0.4, 0.5) is 0 Å². The Kier molecular flexibility index (Phi) is 11.4. The Labute approximate surface area is 230 Å². The van der Waals surface area contributed by atoms with E-state index in [1.54, 1.807) is 24.3 Å². The third-order valence-electron chi connectivity index (χ3n) is 6.51.